The van der Waals surface area contributed by atoms with Gasteiger partial charge in [0.15, 0.2) is 0 Å². The van der Waals surface area contributed by atoms with Crippen molar-refractivity contribution in [2.45, 2.75) is 13.0 Å². The smallest absolute Gasteiger partial charge is 0.258 e. The Morgan fingerprint density at radius 1 is 1.40 bits per heavy atom. The van der Waals surface area contributed by atoms with Crippen LogP contribution in [0.15, 0.2) is 29.6 Å². The molecule has 1 amide bonds. The zero-order valence-electron chi connectivity index (χ0n) is 11.1. The van der Waals surface area contributed by atoms with Gasteiger partial charge in [-0.05, 0) is 41.6 Å². The molecular formula is C15H15NO3S. The third kappa shape index (κ3) is 2.25. The van der Waals surface area contributed by atoms with E-state index in [2.05, 4.69) is 11.4 Å². The number of hydrogen-bond donors (Lipinski definition) is 1. The number of ether oxygens (including phenoxy) is 1. The highest BCUT2D eigenvalue weighted by molar-refractivity contribution is 7.10. The van der Waals surface area contributed by atoms with Gasteiger partial charge in [0, 0.05) is 18.0 Å². The average molecular weight is 289 g/mol. The number of benzene rings is 1. The maximum absolute atomic E-state index is 12.5. The fourth-order valence-corrected chi connectivity index (χ4v) is 3.30. The molecule has 0 bridgehead atoms. The number of methoxy groups -OCH3 is 1. The van der Waals surface area contributed by atoms with Gasteiger partial charge in [-0.25, -0.2) is 0 Å². The van der Waals surface area contributed by atoms with Gasteiger partial charge in [0.2, 0.25) is 0 Å². The SMILES string of the molecule is COc1ccc(O)c(C(=O)N2CCc3sccc3C2)c1. The Hall–Kier alpha value is -2.01. The van der Waals surface area contributed by atoms with E-state index >= 15 is 0 Å². The van der Waals surface area contributed by atoms with Crippen molar-refractivity contribution in [3.8, 4) is 11.5 Å². The van der Waals surface area contributed by atoms with Crippen LogP contribution in [0.5, 0.6) is 11.5 Å². The lowest BCUT2D eigenvalue weighted by molar-refractivity contribution is 0.0732. The van der Waals surface area contributed by atoms with Gasteiger partial charge in [0.05, 0.1) is 12.7 Å². The zero-order chi connectivity index (χ0) is 14.1. The van der Waals surface area contributed by atoms with E-state index in [1.165, 1.54) is 16.5 Å². The molecule has 0 aliphatic carbocycles. The van der Waals surface area contributed by atoms with Gasteiger partial charge in [0.25, 0.3) is 5.91 Å². The van der Waals surface area contributed by atoms with Crippen molar-refractivity contribution in [3.63, 3.8) is 0 Å². The third-order valence-corrected chi connectivity index (χ3v) is 4.55. The van der Waals surface area contributed by atoms with Crippen molar-refractivity contribution in [1.29, 1.82) is 0 Å². The first-order chi connectivity index (χ1) is 9.69. The van der Waals surface area contributed by atoms with E-state index in [0.717, 1.165) is 6.42 Å². The molecule has 2 heterocycles. The van der Waals surface area contributed by atoms with Crippen molar-refractivity contribution in [3.05, 3.63) is 45.6 Å². The summed E-state index contributed by atoms with van der Waals surface area (Å²) in [6.45, 7) is 1.29. The van der Waals surface area contributed by atoms with E-state index in [4.69, 9.17) is 4.74 Å². The molecule has 0 fully saturated rings. The van der Waals surface area contributed by atoms with E-state index in [-0.39, 0.29) is 11.7 Å². The number of carbonyl (C=O) groups excluding carboxylic acids is 1. The van der Waals surface area contributed by atoms with Gasteiger partial charge < -0.3 is 14.7 Å². The van der Waals surface area contributed by atoms with Crippen LogP contribution in [-0.2, 0) is 13.0 Å². The van der Waals surface area contributed by atoms with Crippen LogP contribution in [0.3, 0.4) is 0 Å². The van der Waals surface area contributed by atoms with Gasteiger partial charge in [-0.15, -0.1) is 11.3 Å². The van der Waals surface area contributed by atoms with E-state index in [1.54, 1.807) is 35.5 Å². The highest BCUT2D eigenvalue weighted by Crippen LogP contribution is 2.28. The number of thiophene rings is 1. The Bertz CT molecular complexity index is 650. The maximum atomic E-state index is 12.5. The maximum Gasteiger partial charge on any atom is 0.258 e. The van der Waals surface area contributed by atoms with Crippen molar-refractivity contribution in [1.82, 2.24) is 4.90 Å². The van der Waals surface area contributed by atoms with Gasteiger partial charge in [-0.1, -0.05) is 0 Å². The molecule has 0 saturated heterocycles. The molecule has 2 aromatic rings. The largest absolute Gasteiger partial charge is 0.507 e. The molecule has 0 atom stereocenters. The molecule has 0 spiro atoms. The molecule has 0 radical (unpaired) electrons. The number of fused-ring (bicyclic) bond motifs is 1. The summed E-state index contributed by atoms with van der Waals surface area (Å²) < 4.78 is 5.11. The van der Waals surface area contributed by atoms with E-state index in [0.29, 0.717) is 24.4 Å². The van der Waals surface area contributed by atoms with Crippen molar-refractivity contribution >= 4 is 17.2 Å². The number of carbonyl (C=O) groups is 1. The lowest BCUT2D eigenvalue weighted by Crippen LogP contribution is -2.35. The molecule has 1 aliphatic heterocycles. The number of phenolic OH excluding ortho intramolecular Hbond substituents is 1. The summed E-state index contributed by atoms with van der Waals surface area (Å²) in [5.74, 6) is 0.407. The standard InChI is InChI=1S/C15H15NO3S/c1-19-11-2-3-13(17)12(8-11)15(18)16-6-4-14-10(9-16)5-7-20-14/h2-3,5,7-8,17H,4,6,9H2,1H3. The lowest BCUT2D eigenvalue weighted by Gasteiger charge is -2.27. The fourth-order valence-electron chi connectivity index (χ4n) is 2.41. The first-order valence-corrected chi connectivity index (χ1v) is 7.28. The van der Waals surface area contributed by atoms with Gasteiger partial charge >= 0.3 is 0 Å². The lowest BCUT2D eigenvalue weighted by atomic mass is 10.1. The predicted molar refractivity (Wildman–Crippen MR) is 77.4 cm³/mol. The van der Waals surface area contributed by atoms with Gasteiger partial charge in [-0.3, -0.25) is 4.79 Å². The zero-order valence-corrected chi connectivity index (χ0v) is 11.9. The molecule has 1 N–H and O–H groups in total. The predicted octanol–water partition coefficient (Wildman–Crippen LogP) is 2.66. The molecule has 1 aromatic carbocycles. The van der Waals surface area contributed by atoms with Gasteiger partial charge in [-0.2, -0.15) is 0 Å². The average Bonchev–Trinajstić information content (AvgIpc) is 2.94. The second-order valence-corrected chi connectivity index (χ2v) is 5.73. The first kappa shape index (κ1) is 13.0. The minimum absolute atomic E-state index is 0.00749. The normalized spacial score (nSPS) is 13.9. The third-order valence-electron chi connectivity index (χ3n) is 3.53. The van der Waals surface area contributed by atoms with E-state index in [1.807, 2.05) is 0 Å². The number of nitrogens with zero attached hydrogens (tertiary/aromatic N) is 1. The molecule has 1 aromatic heterocycles. The van der Waals surface area contributed by atoms with Crippen molar-refractivity contribution < 1.29 is 14.6 Å². The second-order valence-electron chi connectivity index (χ2n) is 4.73. The minimum atomic E-state index is -0.154. The minimum Gasteiger partial charge on any atom is -0.507 e. The second kappa shape index (κ2) is 5.17. The van der Waals surface area contributed by atoms with E-state index < -0.39 is 0 Å². The summed E-state index contributed by atoms with van der Waals surface area (Å²) >= 11 is 1.74. The number of phenols is 1. The molecule has 0 saturated carbocycles. The van der Waals surface area contributed by atoms with Gasteiger partial charge in [0.1, 0.15) is 11.5 Å². The number of rotatable bonds is 2. The van der Waals surface area contributed by atoms with Crippen LogP contribution in [0.25, 0.3) is 0 Å². The van der Waals surface area contributed by atoms with Crippen molar-refractivity contribution in [2.24, 2.45) is 0 Å². The number of amides is 1. The molecule has 5 heteroatoms. The number of hydrogen-bond acceptors (Lipinski definition) is 4. The summed E-state index contributed by atoms with van der Waals surface area (Å²) in [5, 5.41) is 11.9. The monoisotopic (exact) mass is 289 g/mol. The summed E-state index contributed by atoms with van der Waals surface area (Å²) in [7, 11) is 1.54. The summed E-state index contributed by atoms with van der Waals surface area (Å²) in [5.41, 5.74) is 1.50. The van der Waals surface area contributed by atoms with Crippen LogP contribution in [-0.4, -0.2) is 29.6 Å². The van der Waals surface area contributed by atoms with Crippen LogP contribution >= 0.6 is 11.3 Å². The number of aromatic hydroxyl groups is 1. The quantitative estimate of drug-likeness (QED) is 0.924. The molecule has 3 rings (SSSR count). The topological polar surface area (TPSA) is 49.8 Å². The van der Waals surface area contributed by atoms with Crippen molar-refractivity contribution in [2.75, 3.05) is 13.7 Å². The van der Waals surface area contributed by atoms with Crippen LogP contribution < -0.4 is 4.74 Å². The Morgan fingerprint density at radius 2 is 2.25 bits per heavy atom. The molecule has 0 unspecified atom stereocenters. The molecule has 1 aliphatic rings. The summed E-state index contributed by atoms with van der Waals surface area (Å²) in [6, 6.07) is 6.77. The van der Waals surface area contributed by atoms with Crippen LogP contribution in [0.2, 0.25) is 0 Å². The highest BCUT2D eigenvalue weighted by atomic mass is 32.1. The van der Waals surface area contributed by atoms with Crippen LogP contribution in [0.4, 0.5) is 0 Å². The van der Waals surface area contributed by atoms with Crippen LogP contribution in [0.1, 0.15) is 20.8 Å². The van der Waals surface area contributed by atoms with Crippen LogP contribution in [0, 0.1) is 0 Å². The molecule has 4 nitrogen and oxygen atoms in total. The Kier molecular flexibility index (Phi) is 3.36. The van der Waals surface area contributed by atoms with E-state index in [9.17, 15) is 9.90 Å². The molecule has 20 heavy (non-hydrogen) atoms. The molecule has 104 valence electrons. The summed E-state index contributed by atoms with van der Waals surface area (Å²) in [4.78, 5) is 15.7. The summed E-state index contributed by atoms with van der Waals surface area (Å²) in [6.07, 6.45) is 0.878. The molecular weight excluding hydrogens is 274 g/mol. The fraction of sp³-hybridized carbons (Fsp3) is 0.267. The highest BCUT2D eigenvalue weighted by Gasteiger charge is 2.24. The first-order valence-electron chi connectivity index (χ1n) is 6.40. The Balaban J connectivity index is 1.87. The Morgan fingerprint density at radius 3 is 3.05 bits per heavy atom. The Labute approximate surface area is 121 Å².